The highest BCUT2D eigenvalue weighted by atomic mass is 35.5. The Bertz CT molecular complexity index is 933. The highest BCUT2D eigenvalue weighted by Gasteiger charge is 2.13. The number of furan rings is 1. The quantitative estimate of drug-likeness (QED) is 0.478. The summed E-state index contributed by atoms with van der Waals surface area (Å²) in [7, 11) is 0. The normalized spacial score (nSPS) is 11.4. The van der Waals surface area contributed by atoms with Crippen LogP contribution in [0.4, 0.5) is 0 Å². The van der Waals surface area contributed by atoms with E-state index in [4.69, 9.17) is 16.0 Å². The van der Waals surface area contributed by atoms with Crippen LogP contribution in [0, 0.1) is 20.8 Å². The zero-order chi connectivity index (χ0) is 18.0. The molecule has 0 atom stereocenters. The van der Waals surface area contributed by atoms with E-state index in [1.807, 2.05) is 6.92 Å². The SMILES string of the molecule is Cc1ccc(Cn2nc(C)c(/C=C/C(=O)c3ccc(C)o3)c2Cl)cc1. The molecule has 0 radical (unpaired) electrons. The van der Waals surface area contributed by atoms with Gasteiger partial charge in [-0.15, -0.1) is 0 Å². The number of ketones is 1. The lowest BCUT2D eigenvalue weighted by Crippen LogP contribution is -2.02. The summed E-state index contributed by atoms with van der Waals surface area (Å²) in [6.07, 6.45) is 3.15. The topological polar surface area (TPSA) is 48.0 Å². The van der Waals surface area contributed by atoms with E-state index in [9.17, 15) is 4.79 Å². The van der Waals surface area contributed by atoms with Crippen LogP contribution >= 0.6 is 11.6 Å². The van der Waals surface area contributed by atoms with Crippen LogP contribution in [-0.4, -0.2) is 15.6 Å². The number of carbonyl (C=O) groups is 1. The van der Waals surface area contributed by atoms with Crippen molar-refractivity contribution in [1.29, 1.82) is 0 Å². The number of allylic oxidation sites excluding steroid dienone is 1. The van der Waals surface area contributed by atoms with Crippen molar-refractivity contribution in [3.8, 4) is 0 Å². The van der Waals surface area contributed by atoms with Gasteiger partial charge in [0.15, 0.2) is 5.76 Å². The van der Waals surface area contributed by atoms with Gasteiger partial charge in [0.05, 0.1) is 12.2 Å². The number of aromatic nitrogens is 2. The van der Waals surface area contributed by atoms with Crippen LogP contribution in [0.25, 0.3) is 6.08 Å². The van der Waals surface area contributed by atoms with Gasteiger partial charge in [-0.1, -0.05) is 41.4 Å². The summed E-state index contributed by atoms with van der Waals surface area (Å²) >= 11 is 6.46. The monoisotopic (exact) mass is 354 g/mol. The molecule has 0 N–H and O–H groups in total. The maximum absolute atomic E-state index is 12.1. The number of hydrogen-bond donors (Lipinski definition) is 0. The standard InChI is InChI=1S/C20H19ClN2O2/c1-13-4-7-16(8-5-13)12-23-20(21)17(15(3)22-23)9-10-18(24)19-11-6-14(2)25-19/h4-11H,12H2,1-3H3/b10-9+. The van der Waals surface area contributed by atoms with E-state index < -0.39 is 0 Å². The number of nitrogens with zero attached hydrogens (tertiary/aromatic N) is 2. The summed E-state index contributed by atoms with van der Waals surface area (Å²) in [5, 5.41) is 4.99. The molecule has 25 heavy (non-hydrogen) atoms. The van der Waals surface area contributed by atoms with Gasteiger partial charge in [-0.3, -0.25) is 4.79 Å². The summed E-state index contributed by atoms with van der Waals surface area (Å²) in [5.74, 6) is 0.821. The zero-order valence-corrected chi connectivity index (χ0v) is 15.2. The van der Waals surface area contributed by atoms with Crippen LogP contribution in [0.2, 0.25) is 5.15 Å². The van der Waals surface area contributed by atoms with Crippen LogP contribution in [0.5, 0.6) is 0 Å². The lowest BCUT2D eigenvalue weighted by atomic mass is 10.1. The minimum Gasteiger partial charge on any atom is -0.458 e. The number of hydrogen-bond acceptors (Lipinski definition) is 3. The molecule has 3 aromatic rings. The Hall–Kier alpha value is -2.59. The molecule has 0 saturated carbocycles. The first-order valence-electron chi connectivity index (χ1n) is 8.01. The van der Waals surface area contributed by atoms with E-state index in [-0.39, 0.29) is 5.78 Å². The van der Waals surface area contributed by atoms with Crippen molar-refractivity contribution in [3.63, 3.8) is 0 Å². The van der Waals surface area contributed by atoms with Crippen molar-refractivity contribution in [3.05, 3.63) is 81.5 Å². The molecule has 128 valence electrons. The first-order chi connectivity index (χ1) is 11.9. The Morgan fingerprint density at radius 1 is 1.16 bits per heavy atom. The zero-order valence-electron chi connectivity index (χ0n) is 14.4. The van der Waals surface area contributed by atoms with Crippen LogP contribution in [-0.2, 0) is 6.54 Å². The number of aryl methyl sites for hydroxylation is 3. The van der Waals surface area contributed by atoms with Crippen LogP contribution in [0.1, 0.15) is 38.7 Å². The van der Waals surface area contributed by atoms with E-state index in [1.54, 1.807) is 29.8 Å². The third-order valence-electron chi connectivity index (χ3n) is 3.95. The molecule has 0 unspecified atom stereocenters. The molecule has 0 aliphatic heterocycles. The molecule has 3 rings (SSSR count). The fourth-order valence-electron chi connectivity index (χ4n) is 2.54. The summed E-state index contributed by atoms with van der Waals surface area (Å²) in [4.78, 5) is 12.1. The molecule has 0 bridgehead atoms. The van der Waals surface area contributed by atoms with Crippen LogP contribution in [0.15, 0.2) is 46.9 Å². The molecule has 0 amide bonds. The highest BCUT2D eigenvalue weighted by molar-refractivity contribution is 6.31. The third kappa shape index (κ3) is 3.91. The molecular formula is C20H19ClN2O2. The number of benzene rings is 1. The van der Waals surface area contributed by atoms with Gasteiger partial charge >= 0.3 is 0 Å². The first-order valence-corrected chi connectivity index (χ1v) is 8.39. The van der Waals surface area contributed by atoms with Gasteiger partial charge in [0.25, 0.3) is 0 Å². The molecule has 0 fully saturated rings. The van der Waals surface area contributed by atoms with Gasteiger partial charge in [0, 0.05) is 5.56 Å². The number of halogens is 1. The Morgan fingerprint density at radius 2 is 1.88 bits per heavy atom. The molecule has 0 aliphatic rings. The van der Waals surface area contributed by atoms with E-state index in [0.717, 1.165) is 16.8 Å². The molecule has 0 saturated heterocycles. The van der Waals surface area contributed by atoms with E-state index in [2.05, 4.69) is 36.3 Å². The predicted octanol–water partition coefficient (Wildman–Crippen LogP) is 5.00. The molecule has 0 spiro atoms. The van der Waals surface area contributed by atoms with Gasteiger partial charge in [0.1, 0.15) is 10.9 Å². The predicted molar refractivity (Wildman–Crippen MR) is 99.1 cm³/mol. The Kier molecular flexibility index (Phi) is 4.91. The van der Waals surface area contributed by atoms with E-state index in [1.165, 1.54) is 11.6 Å². The molecule has 2 aromatic heterocycles. The van der Waals surface area contributed by atoms with Gasteiger partial charge in [-0.2, -0.15) is 5.10 Å². The first kappa shape index (κ1) is 17.2. The van der Waals surface area contributed by atoms with Crippen molar-refractivity contribution in [2.75, 3.05) is 0 Å². The van der Waals surface area contributed by atoms with Crippen LogP contribution in [0.3, 0.4) is 0 Å². The van der Waals surface area contributed by atoms with E-state index in [0.29, 0.717) is 23.2 Å². The second-order valence-electron chi connectivity index (χ2n) is 6.04. The average molecular weight is 355 g/mol. The minimum absolute atomic E-state index is 0.199. The highest BCUT2D eigenvalue weighted by Crippen LogP contribution is 2.23. The lowest BCUT2D eigenvalue weighted by Gasteiger charge is -2.04. The number of carbonyl (C=O) groups excluding carboxylic acids is 1. The second-order valence-corrected chi connectivity index (χ2v) is 6.40. The van der Waals surface area contributed by atoms with Crippen molar-refractivity contribution >= 4 is 23.5 Å². The van der Waals surface area contributed by atoms with Gasteiger partial charge < -0.3 is 4.42 Å². The molecule has 1 aromatic carbocycles. The molecule has 5 heteroatoms. The Labute approximate surface area is 151 Å². The molecular weight excluding hydrogens is 336 g/mol. The fourth-order valence-corrected chi connectivity index (χ4v) is 2.83. The van der Waals surface area contributed by atoms with Gasteiger partial charge in [0.2, 0.25) is 5.78 Å². The molecule has 4 nitrogen and oxygen atoms in total. The smallest absolute Gasteiger partial charge is 0.221 e. The van der Waals surface area contributed by atoms with Crippen molar-refractivity contribution in [2.24, 2.45) is 0 Å². The summed E-state index contributed by atoms with van der Waals surface area (Å²) in [5.41, 5.74) is 3.84. The molecule has 2 heterocycles. The van der Waals surface area contributed by atoms with E-state index >= 15 is 0 Å². The minimum atomic E-state index is -0.199. The Balaban J connectivity index is 1.80. The average Bonchev–Trinajstić information content (AvgIpc) is 3.12. The summed E-state index contributed by atoms with van der Waals surface area (Å²) < 4.78 is 7.07. The molecule has 0 aliphatic carbocycles. The van der Waals surface area contributed by atoms with Crippen molar-refractivity contribution in [1.82, 2.24) is 9.78 Å². The maximum Gasteiger partial charge on any atom is 0.221 e. The Morgan fingerprint density at radius 3 is 2.52 bits per heavy atom. The van der Waals surface area contributed by atoms with Crippen molar-refractivity contribution < 1.29 is 9.21 Å². The fraction of sp³-hybridized carbons (Fsp3) is 0.200. The third-order valence-corrected chi connectivity index (χ3v) is 4.35. The summed E-state index contributed by atoms with van der Waals surface area (Å²) in [6, 6.07) is 11.7. The largest absolute Gasteiger partial charge is 0.458 e. The summed E-state index contributed by atoms with van der Waals surface area (Å²) in [6.45, 7) is 6.31. The lowest BCUT2D eigenvalue weighted by molar-refractivity contribution is 0.102. The van der Waals surface area contributed by atoms with Crippen LogP contribution < -0.4 is 0 Å². The second kappa shape index (κ2) is 7.11. The van der Waals surface area contributed by atoms with Crippen molar-refractivity contribution in [2.45, 2.75) is 27.3 Å². The van der Waals surface area contributed by atoms with Gasteiger partial charge in [-0.05, 0) is 50.6 Å². The maximum atomic E-state index is 12.1. The number of rotatable bonds is 5. The van der Waals surface area contributed by atoms with Gasteiger partial charge in [-0.25, -0.2) is 4.68 Å².